The van der Waals surface area contributed by atoms with Crippen molar-refractivity contribution in [2.45, 2.75) is 6.42 Å². The van der Waals surface area contributed by atoms with Crippen LogP contribution in [0.5, 0.6) is 0 Å². The first kappa shape index (κ1) is 19.2. The number of halogens is 1. The molecule has 104 valence electrons. The standard InChI is InChI=1S/C10H14N2O2.C2H7N.ClH/c1-11(2)8-7-9-3-5-10(6-4-9)12(13)14;1-3-2;/h3-6H,7-8H2,1-2H3;3H,1-2H3;1H. The van der Waals surface area contributed by atoms with Gasteiger partial charge in [0.2, 0.25) is 0 Å². The van der Waals surface area contributed by atoms with Crippen molar-refractivity contribution >= 4 is 18.1 Å². The molecule has 0 saturated carbocycles. The van der Waals surface area contributed by atoms with Crippen LogP contribution in [0.3, 0.4) is 0 Å². The fraction of sp³-hybridized carbons (Fsp3) is 0.500. The predicted octanol–water partition coefficient (Wildman–Crippen LogP) is 1.96. The highest BCUT2D eigenvalue weighted by atomic mass is 35.5. The summed E-state index contributed by atoms with van der Waals surface area (Å²) in [5, 5.41) is 13.1. The van der Waals surface area contributed by atoms with Crippen molar-refractivity contribution in [2.24, 2.45) is 0 Å². The van der Waals surface area contributed by atoms with Crippen molar-refractivity contribution in [3.8, 4) is 0 Å². The summed E-state index contributed by atoms with van der Waals surface area (Å²) in [6.45, 7) is 0.956. The van der Waals surface area contributed by atoms with E-state index in [2.05, 4.69) is 10.2 Å². The van der Waals surface area contributed by atoms with Gasteiger partial charge in [-0.25, -0.2) is 0 Å². The first-order chi connectivity index (χ1) is 8.01. The van der Waals surface area contributed by atoms with Crippen LogP contribution < -0.4 is 5.32 Å². The largest absolute Gasteiger partial charge is 0.323 e. The van der Waals surface area contributed by atoms with Crippen molar-refractivity contribution in [2.75, 3.05) is 34.7 Å². The van der Waals surface area contributed by atoms with Crippen LogP contribution in [0.15, 0.2) is 24.3 Å². The second-order valence-electron chi connectivity index (χ2n) is 3.98. The van der Waals surface area contributed by atoms with Gasteiger partial charge in [-0.3, -0.25) is 10.1 Å². The maximum absolute atomic E-state index is 10.4. The number of nitrogens with zero attached hydrogens (tertiary/aromatic N) is 2. The van der Waals surface area contributed by atoms with Crippen LogP contribution in [0.1, 0.15) is 5.56 Å². The molecule has 0 atom stereocenters. The highest BCUT2D eigenvalue weighted by Crippen LogP contribution is 2.12. The smallest absolute Gasteiger partial charge is 0.269 e. The Labute approximate surface area is 115 Å². The molecule has 0 bridgehead atoms. The van der Waals surface area contributed by atoms with Crippen molar-refractivity contribution in [3.05, 3.63) is 39.9 Å². The van der Waals surface area contributed by atoms with Gasteiger partial charge in [0.05, 0.1) is 4.92 Å². The summed E-state index contributed by atoms with van der Waals surface area (Å²) in [7, 11) is 7.76. The second kappa shape index (κ2) is 11.0. The zero-order chi connectivity index (χ0) is 13.3. The highest BCUT2D eigenvalue weighted by molar-refractivity contribution is 5.85. The molecule has 0 aromatic heterocycles. The monoisotopic (exact) mass is 275 g/mol. The molecule has 1 aromatic rings. The van der Waals surface area contributed by atoms with Crippen LogP contribution in [0, 0.1) is 10.1 Å². The number of hydrogen-bond donors (Lipinski definition) is 1. The maximum atomic E-state index is 10.4. The summed E-state index contributed by atoms with van der Waals surface area (Å²) in [5.74, 6) is 0. The van der Waals surface area contributed by atoms with E-state index in [9.17, 15) is 10.1 Å². The summed E-state index contributed by atoms with van der Waals surface area (Å²) in [6, 6.07) is 6.71. The van der Waals surface area contributed by atoms with Crippen molar-refractivity contribution < 1.29 is 4.92 Å². The summed E-state index contributed by atoms with van der Waals surface area (Å²) in [5.41, 5.74) is 1.28. The number of rotatable bonds is 4. The van der Waals surface area contributed by atoms with Gasteiger partial charge in [-0.2, -0.15) is 0 Å². The first-order valence-corrected chi connectivity index (χ1v) is 5.47. The van der Waals surface area contributed by atoms with Gasteiger partial charge in [0.15, 0.2) is 0 Å². The molecule has 0 unspecified atom stereocenters. The Morgan fingerprint density at radius 2 is 1.67 bits per heavy atom. The molecule has 0 saturated heterocycles. The van der Waals surface area contributed by atoms with Gasteiger partial charge in [0.1, 0.15) is 0 Å². The minimum Gasteiger partial charge on any atom is -0.323 e. The number of hydrogen-bond acceptors (Lipinski definition) is 4. The first-order valence-electron chi connectivity index (χ1n) is 5.47. The van der Waals surface area contributed by atoms with E-state index < -0.39 is 0 Å². The number of likely N-dealkylation sites (N-methyl/N-ethyl adjacent to an activating group) is 1. The van der Waals surface area contributed by atoms with Gasteiger partial charge < -0.3 is 10.2 Å². The predicted molar refractivity (Wildman–Crippen MR) is 77.6 cm³/mol. The minimum atomic E-state index is -0.379. The summed E-state index contributed by atoms with van der Waals surface area (Å²) in [4.78, 5) is 12.1. The normalized spacial score (nSPS) is 9.17. The zero-order valence-electron chi connectivity index (χ0n) is 11.3. The molecule has 1 N–H and O–H groups in total. The third-order valence-corrected chi connectivity index (χ3v) is 1.99. The van der Waals surface area contributed by atoms with E-state index in [0.717, 1.165) is 18.5 Å². The third-order valence-electron chi connectivity index (χ3n) is 1.99. The average molecular weight is 276 g/mol. The Morgan fingerprint density at radius 1 is 1.22 bits per heavy atom. The van der Waals surface area contributed by atoms with Crippen molar-refractivity contribution in [1.82, 2.24) is 10.2 Å². The quantitative estimate of drug-likeness (QED) is 0.674. The molecule has 5 nitrogen and oxygen atoms in total. The van der Waals surface area contributed by atoms with Gasteiger partial charge in [-0.05, 0) is 40.2 Å². The number of non-ortho nitro benzene ring substituents is 1. The molecule has 18 heavy (non-hydrogen) atoms. The van der Waals surface area contributed by atoms with Gasteiger partial charge >= 0.3 is 0 Å². The third kappa shape index (κ3) is 8.92. The fourth-order valence-electron chi connectivity index (χ4n) is 1.14. The molecule has 0 radical (unpaired) electrons. The van der Waals surface area contributed by atoms with E-state index in [4.69, 9.17) is 0 Å². The molecule has 6 heteroatoms. The Morgan fingerprint density at radius 3 is 2.00 bits per heavy atom. The second-order valence-corrected chi connectivity index (χ2v) is 3.98. The lowest BCUT2D eigenvalue weighted by Crippen LogP contribution is -2.14. The summed E-state index contributed by atoms with van der Waals surface area (Å²) >= 11 is 0. The molecular formula is C12H22ClN3O2. The van der Waals surface area contributed by atoms with Crippen molar-refractivity contribution in [1.29, 1.82) is 0 Å². The number of nitro groups is 1. The Hall–Kier alpha value is -1.17. The molecular weight excluding hydrogens is 254 g/mol. The van der Waals surface area contributed by atoms with E-state index in [-0.39, 0.29) is 23.0 Å². The number of benzene rings is 1. The van der Waals surface area contributed by atoms with Crippen LogP contribution in [-0.2, 0) is 6.42 Å². The molecule has 0 amide bonds. The SMILES string of the molecule is CN(C)CCc1ccc([N+](=O)[O-])cc1.CNC.Cl. The van der Waals surface area contributed by atoms with Crippen LogP contribution in [0.4, 0.5) is 5.69 Å². The minimum absolute atomic E-state index is 0. The Bertz CT molecular complexity index is 329. The van der Waals surface area contributed by atoms with Crippen LogP contribution in [-0.4, -0.2) is 44.6 Å². The van der Waals surface area contributed by atoms with Crippen molar-refractivity contribution in [3.63, 3.8) is 0 Å². The molecule has 0 aliphatic heterocycles. The summed E-state index contributed by atoms with van der Waals surface area (Å²) < 4.78 is 0. The number of nitrogens with one attached hydrogen (secondary N) is 1. The lowest BCUT2D eigenvalue weighted by Gasteiger charge is -2.08. The molecule has 0 aliphatic carbocycles. The molecule has 0 fully saturated rings. The topological polar surface area (TPSA) is 58.4 Å². The van der Waals surface area contributed by atoms with E-state index in [1.807, 2.05) is 40.3 Å². The lowest BCUT2D eigenvalue weighted by molar-refractivity contribution is -0.384. The van der Waals surface area contributed by atoms with Gasteiger partial charge in [-0.15, -0.1) is 12.4 Å². The zero-order valence-corrected chi connectivity index (χ0v) is 12.2. The fourth-order valence-corrected chi connectivity index (χ4v) is 1.14. The van der Waals surface area contributed by atoms with E-state index in [1.165, 1.54) is 0 Å². The molecule has 0 aliphatic rings. The van der Waals surface area contributed by atoms with E-state index in [0.29, 0.717) is 0 Å². The summed E-state index contributed by atoms with van der Waals surface area (Å²) in [6.07, 6.45) is 0.922. The molecule has 1 aromatic carbocycles. The van der Waals surface area contributed by atoms with Crippen LogP contribution >= 0.6 is 12.4 Å². The Balaban J connectivity index is 0. The average Bonchev–Trinajstić information content (AvgIpc) is 2.28. The van der Waals surface area contributed by atoms with Gasteiger partial charge in [0.25, 0.3) is 5.69 Å². The van der Waals surface area contributed by atoms with Gasteiger partial charge in [0, 0.05) is 18.7 Å². The van der Waals surface area contributed by atoms with Crippen LogP contribution in [0.2, 0.25) is 0 Å². The van der Waals surface area contributed by atoms with E-state index in [1.54, 1.807) is 12.1 Å². The number of nitro benzene ring substituents is 1. The lowest BCUT2D eigenvalue weighted by atomic mass is 10.1. The van der Waals surface area contributed by atoms with E-state index >= 15 is 0 Å². The highest BCUT2D eigenvalue weighted by Gasteiger charge is 2.03. The molecule has 1 rings (SSSR count). The molecule has 0 heterocycles. The Kier molecular flexibility index (Phi) is 11.7. The molecule has 0 spiro atoms. The van der Waals surface area contributed by atoms with Gasteiger partial charge in [-0.1, -0.05) is 12.1 Å². The van der Waals surface area contributed by atoms with Crippen LogP contribution in [0.25, 0.3) is 0 Å². The maximum Gasteiger partial charge on any atom is 0.269 e.